The predicted molar refractivity (Wildman–Crippen MR) is 80.4 cm³/mol. The van der Waals surface area contributed by atoms with Crippen LogP contribution >= 0.6 is 0 Å². The molecule has 0 radical (unpaired) electrons. The Hall–Kier alpha value is -1.36. The van der Waals surface area contributed by atoms with Crippen LogP contribution in [0, 0.1) is 0 Å². The number of hydrogen-bond acceptors (Lipinski definition) is 2. The Morgan fingerprint density at radius 3 is 2.35 bits per heavy atom. The minimum atomic E-state index is -0.730. The molecule has 5 heteroatoms. The Morgan fingerprint density at radius 1 is 1.25 bits per heavy atom. The normalized spacial score (nSPS) is 12.0. The van der Waals surface area contributed by atoms with E-state index in [2.05, 4.69) is 26.0 Å². The van der Waals surface area contributed by atoms with Crippen LogP contribution in [0.25, 0.3) is 0 Å². The van der Waals surface area contributed by atoms with Crippen molar-refractivity contribution in [3.63, 3.8) is 0 Å². The highest BCUT2D eigenvalue weighted by molar-refractivity contribution is 5.87. The molecule has 0 unspecified atom stereocenters. The maximum Gasteiger partial charge on any atom is 0.303 e. The first kappa shape index (κ1) is 18.6. The van der Waals surface area contributed by atoms with Crippen LogP contribution in [0.1, 0.15) is 39.5 Å². The third-order valence-corrected chi connectivity index (χ3v) is 3.12. The van der Waals surface area contributed by atoms with Crippen LogP contribution in [0.15, 0.2) is 12.7 Å². The van der Waals surface area contributed by atoms with Crippen molar-refractivity contribution in [1.82, 2.24) is 5.32 Å². The smallest absolute Gasteiger partial charge is 0.303 e. The van der Waals surface area contributed by atoms with E-state index in [9.17, 15) is 9.59 Å². The number of carbonyl (C=O) groups is 2. The van der Waals surface area contributed by atoms with Gasteiger partial charge in [-0.2, -0.15) is 0 Å². The lowest BCUT2D eigenvalue weighted by molar-refractivity contribution is -0.893. The van der Waals surface area contributed by atoms with Gasteiger partial charge in [0.1, 0.15) is 6.54 Å². The zero-order valence-corrected chi connectivity index (χ0v) is 13.2. The van der Waals surface area contributed by atoms with Crippen LogP contribution in [0.3, 0.4) is 0 Å². The summed E-state index contributed by atoms with van der Waals surface area (Å²) in [5.41, 5.74) is -0.296. The molecular formula is C15H29N2O3+. The SMILES string of the molecule is C=CC(=O)NC(C)(C)C[N+](C)(C)CCCCCC(=O)O. The minimum Gasteiger partial charge on any atom is -0.481 e. The van der Waals surface area contributed by atoms with Crippen LogP contribution in [-0.4, -0.2) is 54.2 Å². The first-order chi connectivity index (χ1) is 9.08. The van der Waals surface area contributed by atoms with Gasteiger partial charge in [-0.05, 0) is 39.2 Å². The van der Waals surface area contributed by atoms with E-state index in [1.807, 2.05) is 13.8 Å². The summed E-state index contributed by atoms with van der Waals surface area (Å²) in [4.78, 5) is 21.8. The van der Waals surface area contributed by atoms with Gasteiger partial charge in [0.2, 0.25) is 5.91 Å². The molecule has 0 saturated carbocycles. The Kier molecular flexibility index (Phi) is 7.50. The molecule has 1 amide bonds. The summed E-state index contributed by atoms with van der Waals surface area (Å²) in [5, 5.41) is 11.5. The van der Waals surface area contributed by atoms with Gasteiger partial charge in [0.15, 0.2) is 0 Å². The van der Waals surface area contributed by atoms with Gasteiger partial charge in [-0.3, -0.25) is 9.59 Å². The highest BCUT2D eigenvalue weighted by Gasteiger charge is 2.29. The number of aliphatic carboxylic acids is 1. The number of unbranched alkanes of at least 4 members (excludes halogenated alkanes) is 2. The fourth-order valence-corrected chi connectivity index (χ4v) is 2.57. The van der Waals surface area contributed by atoms with Crippen LogP contribution in [0.2, 0.25) is 0 Å². The molecule has 0 spiro atoms. The Labute approximate surface area is 122 Å². The maximum absolute atomic E-state index is 11.4. The third kappa shape index (κ3) is 9.55. The number of hydrogen-bond donors (Lipinski definition) is 2. The van der Waals surface area contributed by atoms with Crippen molar-refractivity contribution in [2.45, 2.75) is 45.1 Å². The number of quaternary nitrogens is 1. The molecule has 0 saturated heterocycles. The van der Waals surface area contributed by atoms with Gasteiger partial charge in [0.25, 0.3) is 0 Å². The van der Waals surface area contributed by atoms with Gasteiger partial charge < -0.3 is 14.9 Å². The third-order valence-electron chi connectivity index (χ3n) is 3.12. The summed E-state index contributed by atoms with van der Waals surface area (Å²) in [7, 11) is 4.25. The summed E-state index contributed by atoms with van der Waals surface area (Å²) in [6.07, 6.45) is 4.17. The van der Waals surface area contributed by atoms with Crippen LogP contribution in [0.5, 0.6) is 0 Å². The number of carboxylic acid groups (broad SMARTS) is 1. The van der Waals surface area contributed by atoms with Gasteiger partial charge >= 0.3 is 5.97 Å². The molecule has 0 bridgehead atoms. The van der Waals surface area contributed by atoms with Crippen molar-refractivity contribution in [2.24, 2.45) is 0 Å². The first-order valence-electron chi connectivity index (χ1n) is 7.06. The molecule has 0 fully saturated rings. The zero-order chi connectivity index (χ0) is 15.8. The lowest BCUT2D eigenvalue weighted by Crippen LogP contribution is -2.56. The molecule has 0 aliphatic carbocycles. The summed E-state index contributed by atoms with van der Waals surface area (Å²) in [6, 6.07) is 0. The summed E-state index contributed by atoms with van der Waals surface area (Å²) in [5.74, 6) is -0.886. The summed E-state index contributed by atoms with van der Waals surface area (Å²) >= 11 is 0. The average Bonchev–Trinajstić information content (AvgIpc) is 2.25. The zero-order valence-electron chi connectivity index (χ0n) is 13.2. The van der Waals surface area contributed by atoms with Crippen molar-refractivity contribution in [2.75, 3.05) is 27.2 Å². The summed E-state index contributed by atoms with van der Waals surface area (Å²) in [6.45, 7) is 9.23. The van der Waals surface area contributed by atoms with Gasteiger partial charge in [0, 0.05) is 6.42 Å². The monoisotopic (exact) mass is 285 g/mol. The van der Waals surface area contributed by atoms with Gasteiger partial charge in [-0.1, -0.05) is 6.58 Å². The largest absolute Gasteiger partial charge is 0.481 e. The van der Waals surface area contributed by atoms with Gasteiger partial charge in [-0.15, -0.1) is 0 Å². The van der Waals surface area contributed by atoms with E-state index in [-0.39, 0.29) is 17.9 Å². The molecule has 20 heavy (non-hydrogen) atoms. The number of nitrogens with one attached hydrogen (secondary N) is 1. The number of carboxylic acids is 1. The number of likely N-dealkylation sites (N-methyl/N-ethyl adjacent to an activating group) is 1. The quantitative estimate of drug-likeness (QED) is 0.365. The van der Waals surface area contributed by atoms with Gasteiger partial charge in [-0.25, -0.2) is 0 Å². The standard InChI is InChI=1S/C15H28N2O3/c1-6-13(18)16-15(2,3)12-17(4,5)11-9-7-8-10-14(19)20/h6H,1,7-12H2,2-5H3,(H-,16,18,19,20)/p+1. The van der Waals surface area contributed by atoms with Crippen molar-refractivity contribution < 1.29 is 19.2 Å². The lowest BCUT2D eigenvalue weighted by Gasteiger charge is -2.37. The molecule has 0 aliphatic rings. The molecule has 0 aromatic heterocycles. The highest BCUT2D eigenvalue weighted by Crippen LogP contribution is 2.12. The average molecular weight is 285 g/mol. The Bertz CT molecular complexity index is 349. The Morgan fingerprint density at radius 2 is 1.85 bits per heavy atom. The van der Waals surface area contributed by atoms with Crippen molar-refractivity contribution >= 4 is 11.9 Å². The number of rotatable bonds is 10. The second kappa shape index (κ2) is 8.04. The lowest BCUT2D eigenvalue weighted by atomic mass is 10.0. The van der Waals surface area contributed by atoms with E-state index in [0.29, 0.717) is 0 Å². The van der Waals surface area contributed by atoms with Crippen LogP contribution < -0.4 is 5.32 Å². The molecule has 116 valence electrons. The molecule has 0 atom stereocenters. The van der Waals surface area contributed by atoms with E-state index in [1.165, 1.54) is 6.08 Å². The van der Waals surface area contributed by atoms with Crippen molar-refractivity contribution in [3.8, 4) is 0 Å². The van der Waals surface area contributed by atoms with E-state index >= 15 is 0 Å². The fraction of sp³-hybridized carbons (Fsp3) is 0.733. The topological polar surface area (TPSA) is 66.4 Å². The molecule has 0 aromatic carbocycles. The number of carbonyl (C=O) groups excluding carboxylic acids is 1. The summed E-state index contributed by atoms with van der Waals surface area (Å²) < 4.78 is 0.789. The van der Waals surface area contributed by atoms with E-state index in [1.54, 1.807) is 0 Å². The van der Waals surface area contributed by atoms with Crippen LogP contribution in [-0.2, 0) is 9.59 Å². The van der Waals surface area contributed by atoms with Crippen molar-refractivity contribution in [1.29, 1.82) is 0 Å². The number of nitrogens with zero attached hydrogens (tertiary/aromatic N) is 1. The molecule has 5 nitrogen and oxygen atoms in total. The number of amides is 1. The van der Waals surface area contributed by atoms with E-state index in [4.69, 9.17) is 5.11 Å². The second-order valence-corrected chi connectivity index (χ2v) is 6.60. The van der Waals surface area contributed by atoms with Crippen LogP contribution in [0.4, 0.5) is 0 Å². The second-order valence-electron chi connectivity index (χ2n) is 6.60. The molecule has 2 N–H and O–H groups in total. The van der Waals surface area contributed by atoms with Gasteiger partial charge in [0.05, 0.1) is 26.2 Å². The van der Waals surface area contributed by atoms with E-state index in [0.717, 1.165) is 36.8 Å². The molecular weight excluding hydrogens is 256 g/mol. The molecule has 0 rings (SSSR count). The first-order valence-corrected chi connectivity index (χ1v) is 7.06. The maximum atomic E-state index is 11.4. The molecule has 0 heterocycles. The molecule has 0 aromatic rings. The van der Waals surface area contributed by atoms with Crippen molar-refractivity contribution in [3.05, 3.63) is 12.7 Å². The predicted octanol–water partition coefficient (Wildman–Crippen LogP) is 1.79. The minimum absolute atomic E-state index is 0.156. The van der Waals surface area contributed by atoms with E-state index < -0.39 is 5.97 Å². The highest BCUT2D eigenvalue weighted by atomic mass is 16.4. The fourth-order valence-electron chi connectivity index (χ4n) is 2.57. The molecule has 0 aliphatic heterocycles. The Balaban J connectivity index is 4.12.